The zero-order valence-electron chi connectivity index (χ0n) is 11.8. The van der Waals surface area contributed by atoms with Crippen LogP contribution in [0.1, 0.15) is 4.88 Å². The van der Waals surface area contributed by atoms with Gasteiger partial charge in [0, 0.05) is 46.3 Å². The second kappa shape index (κ2) is 7.42. The Hall–Kier alpha value is -1.60. The minimum Gasteiger partial charge on any atom is -0.399 e. The normalized spacial score (nSPS) is 10.8. The molecule has 6 heteroatoms. The van der Waals surface area contributed by atoms with E-state index in [-0.39, 0.29) is 13.2 Å². The van der Waals surface area contributed by atoms with Gasteiger partial charge >= 0.3 is 0 Å². The number of nitrogen functional groups attached to an aromatic ring is 1. The first-order chi connectivity index (χ1) is 10.2. The van der Waals surface area contributed by atoms with Crippen molar-refractivity contribution in [2.45, 2.75) is 6.54 Å². The van der Waals surface area contributed by atoms with E-state index in [1.54, 1.807) is 11.3 Å². The lowest BCUT2D eigenvalue weighted by Crippen LogP contribution is -2.30. The number of hydrogen-bond donors (Lipinski definition) is 4. The molecule has 21 heavy (non-hydrogen) atoms. The fourth-order valence-corrected chi connectivity index (χ4v) is 3.16. The van der Waals surface area contributed by atoms with Crippen LogP contribution in [0.2, 0.25) is 0 Å². The SMILES string of the molecule is NCc1ccc(-c2cc(N)ccc2N(CCO)CCO)s1. The molecule has 2 rings (SSSR count). The zero-order chi connectivity index (χ0) is 15.2. The summed E-state index contributed by atoms with van der Waals surface area (Å²) in [6, 6.07) is 9.72. The summed E-state index contributed by atoms with van der Waals surface area (Å²) in [6.45, 7) is 1.50. The fraction of sp³-hybridized carbons (Fsp3) is 0.333. The number of benzene rings is 1. The summed E-state index contributed by atoms with van der Waals surface area (Å²) < 4.78 is 0. The molecule has 0 saturated heterocycles. The van der Waals surface area contributed by atoms with Crippen LogP contribution in [-0.2, 0) is 6.54 Å². The molecule has 114 valence electrons. The van der Waals surface area contributed by atoms with Gasteiger partial charge in [0.2, 0.25) is 0 Å². The van der Waals surface area contributed by atoms with Crippen LogP contribution in [0.3, 0.4) is 0 Å². The van der Waals surface area contributed by atoms with Gasteiger partial charge in [-0.1, -0.05) is 0 Å². The summed E-state index contributed by atoms with van der Waals surface area (Å²) in [4.78, 5) is 4.14. The molecule has 2 aromatic rings. The zero-order valence-corrected chi connectivity index (χ0v) is 12.6. The lowest BCUT2D eigenvalue weighted by Gasteiger charge is -2.25. The highest BCUT2D eigenvalue weighted by molar-refractivity contribution is 7.15. The van der Waals surface area contributed by atoms with Gasteiger partial charge in [-0.2, -0.15) is 0 Å². The van der Waals surface area contributed by atoms with Crippen molar-refractivity contribution in [1.29, 1.82) is 0 Å². The van der Waals surface area contributed by atoms with Gasteiger partial charge in [0.15, 0.2) is 0 Å². The van der Waals surface area contributed by atoms with E-state index in [1.165, 1.54) is 0 Å². The van der Waals surface area contributed by atoms with Crippen molar-refractivity contribution in [3.05, 3.63) is 35.2 Å². The van der Waals surface area contributed by atoms with Gasteiger partial charge in [-0.25, -0.2) is 0 Å². The first-order valence-corrected chi connectivity index (χ1v) is 7.66. The van der Waals surface area contributed by atoms with Crippen molar-refractivity contribution in [3.63, 3.8) is 0 Å². The summed E-state index contributed by atoms with van der Waals surface area (Å²) in [7, 11) is 0. The smallest absolute Gasteiger partial charge is 0.0606 e. The van der Waals surface area contributed by atoms with E-state index in [1.807, 2.05) is 35.2 Å². The Morgan fingerprint density at radius 3 is 2.33 bits per heavy atom. The van der Waals surface area contributed by atoms with Crippen LogP contribution in [0, 0.1) is 0 Å². The molecule has 6 N–H and O–H groups in total. The van der Waals surface area contributed by atoms with Gasteiger partial charge in [-0.15, -0.1) is 11.3 Å². The maximum absolute atomic E-state index is 9.22. The molecule has 0 fully saturated rings. The van der Waals surface area contributed by atoms with Crippen LogP contribution < -0.4 is 16.4 Å². The molecule has 0 amide bonds. The number of anilines is 2. The number of aliphatic hydroxyl groups excluding tert-OH is 2. The molecule has 0 radical (unpaired) electrons. The van der Waals surface area contributed by atoms with Crippen molar-refractivity contribution in [2.24, 2.45) is 5.73 Å². The predicted molar refractivity (Wildman–Crippen MR) is 88.4 cm³/mol. The minimum absolute atomic E-state index is 0.0301. The van der Waals surface area contributed by atoms with Gasteiger partial charge < -0.3 is 26.6 Å². The summed E-state index contributed by atoms with van der Waals surface area (Å²) in [5.41, 5.74) is 14.2. The first kappa shape index (κ1) is 15.8. The molecule has 0 spiro atoms. The second-order valence-electron chi connectivity index (χ2n) is 4.68. The van der Waals surface area contributed by atoms with Crippen molar-refractivity contribution in [2.75, 3.05) is 36.9 Å². The highest BCUT2D eigenvalue weighted by Gasteiger charge is 2.14. The topological polar surface area (TPSA) is 95.7 Å². The van der Waals surface area contributed by atoms with Gasteiger partial charge in [0.1, 0.15) is 0 Å². The van der Waals surface area contributed by atoms with Gasteiger partial charge in [-0.05, 0) is 30.3 Å². The highest BCUT2D eigenvalue weighted by atomic mass is 32.1. The van der Waals surface area contributed by atoms with Gasteiger partial charge in [-0.3, -0.25) is 0 Å². The van der Waals surface area contributed by atoms with E-state index in [0.717, 1.165) is 21.0 Å². The van der Waals surface area contributed by atoms with E-state index in [0.29, 0.717) is 25.3 Å². The summed E-state index contributed by atoms with van der Waals surface area (Å²) in [5.74, 6) is 0. The second-order valence-corrected chi connectivity index (χ2v) is 5.85. The first-order valence-electron chi connectivity index (χ1n) is 6.85. The van der Waals surface area contributed by atoms with Crippen LogP contribution in [0.25, 0.3) is 10.4 Å². The van der Waals surface area contributed by atoms with Crippen molar-refractivity contribution in [1.82, 2.24) is 0 Å². The van der Waals surface area contributed by atoms with Gasteiger partial charge in [0.05, 0.1) is 13.2 Å². The van der Waals surface area contributed by atoms with E-state index < -0.39 is 0 Å². The molecular formula is C15H21N3O2S. The highest BCUT2D eigenvalue weighted by Crippen LogP contribution is 2.36. The Kier molecular flexibility index (Phi) is 5.58. The van der Waals surface area contributed by atoms with Crippen molar-refractivity contribution >= 4 is 22.7 Å². The van der Waals surface area contributed by atoms with E-state index in [4.69, 9.17) is 11.5 Å². The molecule has 5 nitrogen and oxygen atoms in total. The molecule has 0 saturated carbocycles. The monoisotopic (exact) mass is 307 g/mol. The third-order valence-electron chi connectivity index (χ3n) is 3.23. The molecule has 0 bridgehead atoms. The standard InChI is InChI=1S/C15H21N3O2S/c16-10-12-2-4-15(21-12)13-9-11(17)1-3-14(13)18(5-7-19)6-8-20/h1-4,9,19-20H,5-8,10,16-17H2. The Balaban J connectivity index is 2.45. The molecule has 1 heterocycles. The Labute approximate surface area is 128 Å². The lowest BCUT2D eigenvalue weighted by atomic mass is 10.1. The Morgan fingerprint density at radius 1 is 1.05 bits per heavy atom. The summed E-state index contributed by atoms with van der Waals surface area (Å²) in [6.07, 6.45) is 0. The van der Waals surface area contributed by atoms with Crippen LogP contribution >= 0.6 is 11.3 Å². The molecule has 0 aliphatic carbocycles. The maximum atomic E-state index is 9.22. The van der Waals surface area contributed by atoms with Crippen molar-refractivity contribution in [3.8, 4) is 10.4 Å². The Bertz CT molecular complexity index is 580. The quantitative estimate of drug-likeness (QED) is 0.577. The average Bonchev–Trinajstić information content (AvgIpc) is 2.96. The molecule has 0 aliphatic heterocycles. The number of nitrogens with two attached hydrogens (primary N) is 2. The third-order valence-corrected chi connectivity index (χ3v) is 4.37. The Morgan fingerprint density at radius 2 is 1.76 bits per heavy atom. The fourth-order valence-electron chi connectivity index (χ4n) is 2.25. The molecule has 1 aromatic carbocycles. The number of nitrogens with zero attached hydrogens (tertiary/aromatic N) is 1. The molecule has 1 aromatic heterocycles. The molecular weight excluding hydrogens is 286 g/mol. The average molecular weight is 307 g/mol. The largest absolute Gasteiger partial charge is 0.399 e. The summed E-state index contributed by atoms with van der Waals surface area (Å²) in [5, 5.41) is 18.4. The number of rotatable bonds is 7. The predicted octanol–water partition coefficient (Wildman–Crippen LogP) is 1.25. The maximum Gasteiger partial charge on any atom is 0.0606 e. The number of hydrogen-bond acceptors (Lipinski definition) is 6. The van der Waals surface area contributed by atoms with Crippen LogP contribution in [0.15, 0.2) is 30.3 Å². The molecule has 0 unspecified atom stereocenters. The number of thiophene rings is 1. The third kappa shape index (κ3) is 3.74. The van der Waals surface area contributed by atoms with Gasteiger partial charge in [0.25, 0.3) is 0 Å². The van der Waals surface area contributed by atoms with E-state index in [2.05, 4.69) is 0 Å². The van der Waals surface area contributed by atoms with E-state index >= 15 is 0 Å². The molecule has 0 atom stereocenters. The minimum atomic E-state index is 0.0301. The van der Waals surface area contributed by atoms with E-state index in [9.17, 15) is 10.2 Å². The lowest BCUT2D eigenvalue weighted by molar-refractivity contribution is 0.281. The number of aliphatic hydroxyl groups is 2. The van der Waals surface area contributed by atoms with Crippen LogP contribution in [-0.4, -0.2) is 36.5 Å². The van der Waals surface area contributed by atoms with Crippen LogP contribution in [0.4, 0.5) is 11.4 Å². The van der Waals surface area contributed by atoms with Crippen molar-refractivity contribution < 1.29 is 10.2 Å². The molecule has 0 aliphatic rings. The van der Waals surface area contributed by atoms with Crippen LogP contribution in [0.5, 0.6) is 0 Å². The summed E-state index contributed by atoms with van der Waals surface area (Å²) >= 11 is 1.63.